The summed E-state index contributed by atoms with van der Waals surface area (Å²) in [5, 5.41) is 5.24. The Morgan fingerprint density at radius 2 is 1.37 bits per heavy atom. The van der Waals surface area contributed by atoms with Crippen molar-refractivity contribution in [2.75, 3.05) is 41.4 Å². The molecule has 0 amide bonds. The molecule has 0 bridgehead atoms. The lowest BCUT2D eigenvalue weighted by atomic mass is 10.1. The van der Waals surface area contributed by atoms with E-state index in [0.717, 1.165) is 58.5 Å². The maximum atomic E-state index is 6.03. The molecule has 0 unspecified atom stereocenters. The second-order valence-electron chi connectivity index (χ2n) is 8.82. The predicted octanol–water partition coefficient (Wildman–Crippen LogP) is 6.10. The van der Waals surface area contributed by atoms with E-state index in [4.69, 9.17) is 26.6 Å². The van der Waals surface area contributed by atoms with E-state index in [1.54, 1.807) is 11.8 Å². The molecule has 0 saturated carbocycles. The zero-order chi connectivity index (χ0) is 23.9. The van der Waals surface area contributed by atoms with Crippen molar-refractivity contribution in [1.29, 1.82) is 0 Å². The van der Waals surface area contributed by atoms with Crippen LogP contribution >= 0.6 is 23.4 Å². The third-order valence-corrected chi connectivity index (χ3v) is 7.57. The Bertz CT molecular complexity index is 1110. The van der Waals surface area contributed by atoms with E-state index in [9.17, 15) is 0 Å². The zero-order valence-corrected chi connectivity index (χ0v) is 21.3. The molecule has 35 heavy (non-hydrogen) atoms. The average Bonchev–Trinajstić information content (AvgIpc) is 2.92. The minimum Gasteiger partial charge on any atom is -0.341 e. The summed E-state index contributed by atoms with van der Waals surface area (Å²) >= 11 is 7.71. The quantitative estimate of drug-likeness (QED) is 0.306. The number of nitrogens with one attached hydrogen (secondary N) is 1. The van der Waals surface area contributed by atoms with Crippen LogP contribution in [0.5, 0.6) is 0 Å². The number of hydrazone groups is 1. The van der Waals surface area contributed by atoms with Crippen LogP contribution in [0.3, 0.4) is 0 Å². The van der Waals surface area contributed by atoms with Crippen LogP contribution < -0.4 is 15.2 Å². The van der Waals surface area contributed by atoms with Crippen molar-refractivity contribution in [2.24, 2.45) is 5.10 Å². The topological polar surface area (TPSA) is 69.5 Å². The number of halogens is 1. The van der Waals surface area contributed by atoms with E-state index < -0.39 is 0 Å². The van der Waals surface area contributed by atoms with Crippen molar-refractivity contribution in [1.82, 2.24) is 15.0 Å². The van der Waals surface area contributed by atoms with Gasteiger partial charge in [0, 0.05) is 46.6 Å². The highest BCUT2D eigenvalue weighted by atomic mass is 35.5. The fraction of sp³-hybridized carbons (Fsp3) is 0.385. The third kappa shape index (κ3) is 6.44. The van der Waals surface area contributed by atoms with Gasteiger partial charge in [-0.15, -0.1) is 0 Å². The molecule has 2 saturated heterocycles. The van der Waals surface area contributed by atoms with Gasteiger partial charge in [0.1, 0.15) is 0 Å². The van der Waals surface area contributed by atoms with Crippen LogP contribution in [-0.2, 0) is 0 Å². The Kier molecular flexibility index (Phi) is 8.00. The van der Waals surface area contributed by atoms with Crippen molar-refractivity contribution in [3.05, 3.63) is 59.1 Å². The molecule has 3 heterocycles. The molecular formula is C26H30ClN7S. The summed E-state index contributed by atoms with van der Waals surface area (Å²) in [4.78, 5) is 21.0. The number of anilines is 3. The van der Waals surface area contributed by atoms with Gasteiger partial charge in [-0.05, 0) is 68.9 Å². The molecule has 182 valence electrons. The van der Waals surface area contributed by atoms with Crippen molar-refractivity contribution < 1.29 is 0 Å². The van der Waals surface area contributed by atoms with Gasteiger partial charge < -0.3 is 9.80 Å². The van der Waals surface area contributed by atoms with Crippen LogP contribution in [0.25, 0.3) is 0 Å². The summed E-state index contributed by atoms with van der Waals surface area (Å²) in [5.74, 6) is 1.98. The van der Waals surface area contributed by atoms with Crippen molar-refractivity contribution in [3.63, 3.8) is 0 Å². The van der Waals surface area contributed by atoms with Crippen molar-refractivity contribution in [2.45, 2.75) is 48.3 Å². The van der Waals surface area contributed by atoms with Gasteiger partial charge in [0.05, 0.1) is 6.21 Å². The van der Waals surface area contributed by atoms with Gasteiger partial charge in [-0.2, -0.15) is 20.1 Å². The van der Waals surface area contributed by atoms with Gasteiger partial charge in [-0.1, -0.05) is 41.6 Å². The largest absolute Gasteiger partial charge is 0.341 e. The second kappa shape index (κ2) is 11.7. The normalized spacial score (nSPS) is 16.6. The minimum atomic E-state index is 0.486. The molecule has 0 spiro atoms. The number of aromatic nitrogens is 3. The minimum absolute atomic E-state index is 0.486. The summed E-state index contributed by atoms with van der Waals surface area (Å²) < 4.78 is 0. The molecule has 5 rings (SSSR count). The van der Waals surface area contributed by atoms with Crippen LogP contribution in [0, 0.1) is 0 Å². The summed E-state index contributed by atoms with van der Waals surface area (Å²) in [6.45, 7) is 3.95. The van der Waals surface area contributed by atoms with E-state index in [1.807, 2.05) is 42.6 Å². The first-order valence-electron chi connectivity index (χ1n) is 12.3. The monoisotopic (exact) mass is 507 g/mol. The van der Waals surface area contributed by atoms with E-state index >= 15 is 0 Å². The summed E-state index contributed by atoms with van der Waals surface area (Å²) in [5.41, 5.74) is 4.09. The Labute approximate surface area is 216 Å². The number of nitrogens with zero attached hydrogens (tertiary/aromatic N) is 6. The summed E-state index contributed by atoms with van der Waals surface area (Å²) in [6, 6.07) is 16.0. The highest BCUT2D eigenvalue weighted by Gasteiger charge is 2.20. The fourth-order valence-electron chi connectivity index (χ4n) is 4.34. The first kappa shape index (κ1) is 23.9. The molecule has 3 aromatic rings. The molecule has 2 aromatic carbocycles. The van der Waals surface area contributed by atoms with Gasteiger partial charge in [0.25, 0.3) is 0 Å². The highest BCUT2D eigenvalue weighted by molar-refractivity contribution is 7.99. The predicted molar refractivity (Wildman–Crippen MR) is 145 cm³/mol. The van der Waals surface area contributed by atoms with Gasteiger partial charge in [-0.25, -0.2) is 5.43 Å². The Balaban J connectivity index is 1.35. The fourth-order valence-corrected chi connectivity index (χ4v) is 5.38. The van der Waals surface area contributed by atoms with Gasteiger partial charge >= 0.3 is 0 Å². The lowest BCUT2D eigenvalue weighted by Gasteiger charge is -2.30. The van der Waals surface area contributed by atoms with Crippen LogP contribution in [0.2, 0.25) is 5.02 Å². The number of hydrogen-bond donors (Lipinski definition) is 1. The molecule has 1 aromatic heterocycles. The Morgan fingerprint density at radius 1 is 0.771 bits per heavy atom. The first-order valence-corrected chi connectivity index (χ1v) is 13.5. The smallest absolute Gasteiger partial charge is 0.250 e. The molecule has 0 radical (unpaired) electrons. The summed E-state index contributed by atoms with van der Waals surface area (Å²) in [6.07, 6.45) is 9.05. The molecular weight excluding hydrogens is 478 g/mol. The Hall–Kier alpha value is -2.84. The molecule has 0 atom stereocenters. The van der Waals surface area contributed by atoms with E-state index in [2.05, 4.69) is 32.5 Å². The van der Waals surface area contributed by atoms with Gasteiger partial charge in [0.15, 0.2) is 0 Å². The van der Waals surface area contributed by atoms with Crippen molar-refractivity contribution >= 4 is 47.4 Å². The van der Waals surface area contributed by atoms with Gasteiger partial charge in [0.2, 0.25) is 17.8 Å². The van der Waals surface area contributed by atoms with Gasteiger partial charge in [-0.3, -0.25) is 0 Å². The number of hydrogen-bond acceptors (Lipinski definition) is 8. The van der Waals surface area contributed by atoms with E-state index in [1.165, 1.54) is 38.5 Å². The maximum Gasteiger partial charge on any atom is 0.250 e. The summed E-state index contributed by atoms with van der Waals surface area (Å²) in [7, 11) is 0. The van der Waals surface area contributed by atoms with Crippen molar-refractivity contribution in [3.8, 4) is 0 Å². The van der Waals surface area contributed by atoms with Crippen LogP contribution in [0.1, 0.15) is 44.1 Å². The SMILES string of the molecule is Clc1ccc(Sc2ccccc2/C=N\Nc2nc(N3CCCCC3)nc(N3CCCCC3)n2)cc1. The Morgan fingerprint density at radius 3 is 2.00 bits per heavy atom. The lowest BCUT2D eigenvalue weighted by molar-refractivity contribution is 0.556. The second-order valence-corrected chi connectivity index (χ2v) is 10.4. The molecule has 2 fully saturated rings. The molecule has 0 aliphatic carbocycles. The standard InChI is InChI=1S/C26H30ClN7S/c27-21-11-13-22(14-12-21)35-23-10-4-3-9-20(23)19-28-32-24-29-25(33-15-5-1-6-16-33)31-26(30-24)34-17-7-2-8-18-34/h3-4,9-14,19H,1-2,5-8,15-18H2,(H,29,30,31,32)/b28-19-. The van der Waals surface area contributed by atoms with Crippen LogP contribution in [0.15, 0.2) is 63.4 Å². The highest BCUT2D eigenvalue weighted by Crippen LogP contribution is 2.30. The number of piperidine rings is 2. The molecule has 7 nitrogen and oxygen atoms in total. The lowest BCUT2D eigenvalue weighted by Crippen LogP contribution is -2.34. The molecule has 1 N–H and O–H groups in total. The third-order valence-electron chi connectivity index (χ3n) is 6.22. The van der Waals surface area contributed by atoms with Crippen LogP contribution in [0.4, 0.5) is 17.8 Å². The zero-order valence-electron chi connectivity index (χ0n) is 19.7. The van der Waals surface area contributed by atoms with E-state index in [-0.39, 0.29) is 0 Å². The number of rotatable bonds is 7. The average molecular weight is 508 g/mol. The molecule has 2 aliphatic rings. The molecule has 9 heteroatoms. The first-order chi connectivity index (χ1) is 17.2. The van der Waals surface area contributed by atoms with E-state index in [0.29, 0.717) is 5.95 Å². The maximum absolute atomic E-state index is 6.03. The number of benzene rings is 2. The van der Waals surface area contributed by atoms with Crippen LogP contribution in [-0.4, -0.2) is 47.3 Å². The molecule has 2 aliphatic heterocycles.